The maximum Gasteiger partial charge on any atom is 0.312 e. The van der Waals surface area contributed by atoms with Crippen LogP contribution in [0, 0.1) is 11.3 Å². The van der Waals surface area contributed by atoms with Crippen molar-refractivity contribution in [1.29, 1.82) is 0 Å². The molecule has 0 spiro atoms. The van der Waals surface area contributed by atoms with E-state index in [4.69, 9.17) is 16.3 Å². The van der Waals surface area contributed by atoms with Crippen molar-refractivity contribution in [3.8, 4) is 0 Å². The molecule has 15 heavy (non-hydrogen) atoms. The van der Waals surface area contributed by atoms with Crippen LogP contribution in [0.25, 0.3) is 0 Å². The zero-order valence-electron chi connectivity index (χ0n) is 10.0. The first-order valence-electron chi connectivity index (χ1n) is 5.47. The molecule has 0 saturated heterocycles. The van der Waals surface area contributed by atoms with Gasteiger partial charge in [-0.05, 0) is 25.7 Å². The number of esters is 1. The molecule has 0 heterocycles. The lowest BCUT2D eigenvalue weighted by Gasteiger charge is -2.33. The van der Waals surface area contributed by atoms with Crippen molar-refractivity contribution < 1.29 is 9.53 Å². The Hall–Kier alpha value is -0.500. The third-order valence-electron chi connectivity index (χ3n) is 2.99. The van der Waals surface area contributed by atoms with Gasteiger partial charge < -0.3 is 4.74 Å². The monoisotopic (exact) mass is 232 g/mol. The number of carbonyl (C=O) groups is 1. The fourth-order valence-electron chi connectivity index (χ4n) is 1.78. The molecule has 0 rings (SSSR count). The topological polar surface area (TPSA) is 26.3 Å². The molecule has 0 aromatic heterocycles. The van der Waals surface area contributed by atoms with Gasteiger partial charge >= 0.3 is 5.97 Å². The summed E-state index contributed by atoms with van der Waals surface area (Å²) in [5.41, 5.74) is 1.04. The van der Waals surface area contributed by atoms with E-state index in [-0.39, 0.29) is 11.9 Å². The first-order chi connectivity index (χ1) is 7.05. The molecule has 0 fully saturated rings. The molecule has 0 aromatic carbocycles. The van der Waals surface area contributed by atoms with Crippen molar-refractivity contribution in [2.45, 2.75) is 40.5 Å². The van der Waals surface area contributed by atoms with E-state index in [2.05, 4.69) is 0 Å². The standard InChI is InChI=1S/C12H21ClO2/c1-5-12(10(3)4,8-7-9-13)11(14)15-6-2/h7,9-10H,5-6,8H2,1-4H3/b9-7+/t12-/m0/s1. The molecule has 0 radical (unpaired) electrons. The van der Waals surface area contributed by atoms with Gasteiger partial charge in [0.1, 0.15) is 0 Å². The smallest absolute Gasteiger partial charge is 0.312 e. The van der Waals surface area contributed by atoms with E-state index in [9.17, 15) is 4.79 Å². The summed E-state index contributed by atoms with van der Waals surface area (Å²) in [6.45, 7) is 8.36. The Morgan fingerprint density at radius 2 is 2.07 bits per heavy atom. The summed E-state index contributed by atoms with van der Waals surface area (Å²) in [6.07, 6.45) is 3.23. The Kier molecular flexibility index (Phi) is 6.66. The highest BCUT2D eigenvalue weighted by Gasteiger charge is 2.40. The first kappa shape index (κ1) is 14.5. The van der Waals surface area contributed by atoms with Gasteiger partial charge in [-0.3, -0.25) is 4.79 Å². The molecule has 3 heteroatoms. The Morgan fingerprint density at radius 1 is 1.47 bits per heavy atom. The molecule has 1 atom stereocenters. The van der Waals surface area contributed by atoms with Gasteiger partial charge in [-0.2, -0.15) is 0 Å². The Morgan fingerprint density at radius 3 is 2.40 bits per heavy atom. The number of rotatable bonds is 6. The minimum absolute atomic E-state index is 0.114. The van der Waals surface area contributed by atoms with E-state index < -0.39 is 5.41 Å². The predicted molar refractivity (Wildman–Crippen MR) is 63.8 cm³/mol. The highest BCUT2D eigenvalue weighted by molar-refractivity contribution is 6.25. The number of carbonyl (C=O) groups excluding carboxylic acids is 1. The van der Waals surface area contributed by atoms with Gasteiger partial charge in [0.25, 0.3) is 0 Å². The molecule has 0 amide bonds. The Bertz CT molecular complexity index is 224. The van der Waals surface area contributed by atoms with Gasteiger partial charge in [-0.15, -0.1) is 0 Å². The largest absolute Gasteiger partial charge is 0.466 e. The van der Waals surface area contributed by atoms with E-state index in [1.54, 1.807) is 0 Å². The van der Waals surface area contributed by atoms with E-state index in [0.29, 0.717) is 13.0 Å². The molecule has 0 aliphatic rings. The van der Waals surface area contributed by atoms with Crippen LogP contribution in [-0.2, 0) is 9.53 Å². The SMILES string of the molecule is CCOC(=O)[C@@](CC)(C/C=C/Cl)C(C)C. The molecule has 0 bridgehead atoms. The van der Waals surface area contributed by atoms with Crippen LogP contribution in [0.15, 0.2) is 11.6 Å². The summed E-state index contributed by atoms with van der Waals surface area (Å²) < 4.78 is 5.14. The van der Waals surface area contributed by atoms with Gasteiger partial charge in [0.15, 0.2) is 0 Å². The second-order valence-electron chi connectivity index (χ2n) is 3.95. The van der Waals surface area contributed by atoms with Crippen molar-refractivity contribution in [2.24, 2.45) is 11.3 Å². The maximum absolute atomic E-state index is 11.9. The number of halogens is 1. The molecule has 0 unspecified atom stereocenters. The Labute approximate surface area is 97.6 Å². The van der Waals surface area contributed by atoms with E-state index >= 15 is 0 Å². The predicted octanol–water partition coefficient (Wildman–Crippen LogP) is 3.74. The van der Waals surface area contributed by atoms with Crippen LogP contribution < -0.4 is 0 Å². The summed E-state index contributed by atoms with van der Waals surface area (Å²) in [6, 6.07) is 0. The highest BCUT2D eigenvalue weighted by atomic mass is 35.5. The first-order valence-corrected chi connectivity index (χ1v) is 5.91. The van der Waals surface area contributed by atoms with Crippen molar-refractivity contribution in [2.75, 3.05) is 6.61 Å². The van der Waals surface area contributed by atoms with Crippen LogP contribution >= 0.6 is 11.6 Å². The number of hydrogen-bond donors (Lipinski definition) is 0. The average molecular weight is 233 g/mol. The van der Waals surface area contributed by atoms with Gasteiger partial charge in [0.2, 0.25) is 0 Å². The van der Waals surface area contributed by atoms with Crippen LogP contribution in [0.4, 0.5) is 0 Å². The summed E-state index contributed by atoms with van der Waals surface area (Å²) in [5, 5.41) is 0. The molecule has 0 saturated carbocycles. The van der Waals surface area contributed by atoms with Crippen molar-refractivity contribution in [1.82, 2.24) is 0 Å². The molecule has 2 nitrogen and oxygen atoms in total. The summed E-state index contributed by atoms with van der Waals surface area (Å²) >= 11 is 5.52. The third-order valence-corrected chi connectivity index (χ3v) is 3.17. The third kappa shape index (κ3) is 3.53. The zero-order valence-corrected chi connectivity index (χ0v) is 10.8. The second kappa shape index (κ2) is 6.89. The number of allylic oxidation sites excluding steroid dienone is 1. The van der Waals surface area contributed by atoms with E-state index in [0.717, 1.165) is 6.42 Å². The molecule has 0 N–H and O–H groups in total. The number of ether oxygens (including phenoxy) is 1. The van der Waals surface area contributed by atoms with E-state index in [1.165, 1.54) is 5.54 Å². The average Bonchev–Trinajstić information content (AvgIpc) is 2.19. The van der Waals surface area contributed by atoms with Gasteiger partial charge in [0.05, 0.1) is 12.0 Å². The van der Waals surface area contributed by atoms with Crippen molar-refractivity contribution >= 4 is 17.6 Å². The molecule has 0 aliphatic heterocycles. The van der Waals surface area contributed by atoms with Gasteiger partial charge in [0, 0.05) is 5.54 Å². The molecule has 0 aliphatic carbocycles. The van der Waals surface area contributed by atoms with E-state index in [1.807, 2.05) is 33.8 Å². The summed E-state index contributed by atoms with van der Waals surface area (Å²) in [7, 11) is 0. The number of hydrogen-bond acceptors (Lipinski definition) is 2. The van der Waals surface area contributed by atoms with Gasteiger partial charge in [-0.1, -0.05) is 38.4 Å². The van der Waals surface area contributed by atoms with Gasteiger partial charge in [-0.25, -0.2) is 0 Å². The quantitative estimate of drug-likeness (QED) is 0.652. The highest BCUT2D eigenvalue weighted by Crippen LogP contribution is 2.37. The lowest BCUT2D eigenvalue weighted by atomic mass is 9.72. The van der Waals surface area contributed by atoms with Crippen LogP contribution in [-0.4, -0.2) is 12.6 Å². The molecule has 0 aromatic rings. The fraction of sp³-hybridized carbons (Fsp3) is 0.750. The zero-order chi connectivity index (χ0) is 11.9. The second-order valence-corrected chi connectivity index (χ2v) is 4.20. The fourth-order valence-corrected chi connectivity index (χ4v) is 1.87. The molecule has 88 valence electrons. The minimum Gasteiger partial charge on any atom is -0.466 e. The lowest BCUT2D eigenvalue weighted by Crippen LogP contribution is -2.37. The van der Waals surface area contributed by atoms with Crippen LogP contribution in [0.2, 0.25) is 0 Å². The lowest BCUT2D eigenvalue weighted by molar-refractivity contribution is -0.158. The molecular formula is C12H21ClO2. The van der Waals surface area contributed by atoms with Crippen molar-refractivity contribution in [3.05, 3.63) is 11.6 Å². The Balaban J connectivity index is 4.87. The minimum atomic E-state index is -0.429. The van der Waals surface area contributed by atoms with Crippen molar-refractivity contribution in [3.63, 3.8) is 0 Å². The summed E-state index contributed by atoms with van der Waals surface area (Å²) in [4.78, 5) is 11.9. The molecular weight excluding hydrogens is 212 g/mol. The van der Waals surface area contributed by atoms with Crippen LogP contribution in [0.3, 0.4) is 0 Å². The maximum atomic E-state index is 11.9. The normalized spacial score (nSPS) is 15.6. The summed E-state index contributed by atoms with van der Waals surface area (Å²) in [5.74, 6) is 0.131. The van der Waals surface area contributed by atoms with Crippen LogP contribution in [0.5, 0.6) is 0 Å². The van der Waals surface area contributed by atoms with Crippen LogP contribution in [0.1, 0.15) is 40.5 Å².